The summed E-state index contributed by atoms with van der Waals surface area (Å²) in [6, 6.07) is 20.1. The summed E-state index contributed by atoms with van der Waals surface area (Å²) in [6.07, 6.45) is 4.35. The number of rotatable bonds is 3. The molecule has 0 radical (unpaired) electrons. The molecular formula is C20H20N2O. The molecule has 23 heavy (non-hydrogen) atoms. The van der Waals surface area contributed by atoms with Gasteiger partial charge in [-0.15, -0.1) is 0 Å². The summed E-state index contributed by atoms with van der Waals surface area (Å²) >= 11 is 0. The van der Waals surface area contributed by atoms with Crippen LogP contribution in [0.4, 0.5) is 5.69 Å². The zero-order chi connectivity index (χ0) is 16.1. The van der Waals surface area contributed by atoms with Crippen molar-refractivity contribution < 1.29 is 4.79 Å². The third-order valence-electron chi connectivity index (χ3n) is 4.61. The number of carbonyl (C=O) groups excluding carboxylic acids is 1. The average molecular weight is 304 g/mol. The third kappa shape index (κ3) is 3.27. The van der Waals surface area contributed by atoms with E-state index in [9.17, 15) is 10.1 Å². The summed E-state index contributed by atoms with van der Waals surface area (Å²) in [5.41, 5.74) is 2.15. The van der Waals surface area contributed by atoms with Crippen LogP contribution < -0.4 is 5.32 Å². The van der Waals surface area contributed by atoms with Crippen LogP contribution in [0.1, 0.15) is 32.1 Å². The van der Waals surface area contributed by atoms with E-state index in [0.717, 1.165) is 36.1 Å². The van der Waals surface area contributed by atoms with Gasteiger partial charge in [0, 0.05) is 5.69 Å². The molecule has 116 valence electrons. The Morgan fingerprint density at radius 3 is 2.13 bits per heavy atom. The molecule has 1 saturated carbocycles. The smallest absolute Gasteiger partial charge is 0.244 e. The molecule has 1 aliphatic carbocycles. The first-order valence-corrected chi connectivity index (χ1v) is 8.12. The van der Waals surface area contributed by atoms with Crippen molar-refractivity contribution in [1.29, 1.82) is 5.26 Å². The van der Waals surface area contributed by atoms with E-state index < -0.39 is 5.41 Å². The van der Waals surface area contributed by atoms with Crippen molar-refractivity contribution >= 4 is 11.6 Å². The van der Waals surface area contributed by atoms with Crippen LogP contribution in [0, 0.1) is 16.7 Å². The summed E-state index contributed by atoms with van der Waals surface area (Å²) in [6.45, 7) is 0. The minimum Gasteiger partial charge on any atom is -0.325 e. The standard InChI is InChI=1S/C20H20N2O/c21-15-20(13-5-2-6-14-20)19(23)22-18-11-9-17(10-12-18)16-7-3-1-4-8-16/h1,3-4,7-12H,2,5-6,13-14H2,(H,22,23). The van der Waals surface area contributed by atoms with E-state index in [-0.39, 0.29) is 5.91 Å². The molecule has 1 N–H and O–H groups in total. The number of nitrogens with zero attached hydrogens (tertiary/aromatic N) is 1. The topological polar surface area (TPSA) is 52.9 Å². The predicted octanol–water partition coefficient (Wildman–Crippen LogP) is 4.77. The van der Waals surface area contributed by atoms with Crippen LogP contribution in [0.3, 0.4) is 0 Å². The Bertz CT molecular complexity index is 708. The van der Waals surface area contributed by atoms with Gasteiger partial charge in [-0.05, 0) is 36.1 Å². The molecule has 2 aromatic carbocycles. The number of hydrogen-bond acceptors (Lipinski definition) is 2. The molecule has 0 bridgehead atoms. The molecule has 0 aliphatic heterocycles. The molecular weight excluding hydrogens is 284 g/mol. The molecule has 1 fully saturated rings. The van der Waals surface area contributed by atoms with Gasteiger partial charge in [0.25, 0.3) is 0 Å². The normalized spacial score (nSPS) is 16.3. The molecule has 3 rings (SSSR count). The lowest BCUT2D eigenvalue weighted by molar-refractivity contribution is -0.124. The van der Waals surface area contributed by atoms with Crippen molar-refractivity contribution in [3.63, 3.8) is 0 Å². The summed E-state index contributed by atoms with van der Waals surface area (Å²) in [4.78, 5) is 12.5. The number of nitriles is 1. The van der Waals surface area contributed by atoms with E-state index in [4.69, 9.17) is 0 Å². The summed E-state index contributed by atoms with van der Waals surface area (Å²) in [7, 11) is 0. The fraction of sp³-hybridized carbons (Fsp3) is 0.300. The van der Waals surface area contributed by atoms with Crippen molar-refractivity contribution in [2.24, 2.45) is 5.41 Å². The van der Waals surface area contributed by atoms with E-state index in [0.29, 0.717) is 12.8 Å². The first-order valence-electron chi connectivity index (χ1n) is 8.12. The number of amides is 1. The first-order chi connectivity index (χ1) is 11.2. The maximum Gasteiger partial charge on any atom is 0.244 e. The van der Waals surface area contributed by atoms with Crippen LogP contribution in [0.15, 0.2) is 54.6 Å². The Morgan fingerprint density at radius 1 is 0.913 bits per heavy atom. The second-order valence-electron chi connectivity index (χ2n) is 6.15. The predicted molar refractivity (Wildman–Crippen MR) is 91.6 cm³/mol. The molecule has 1 aliphatic rings. The number of nitrogens with one attached hydrogen (secondary N) is 1. The first kappa shape index (κ1) is 15.3. The van der Waals surface area contributed by atoms with Crippen molar-refractivity contribution in [2.45, 2.75) is 32.1 Å². The third-order valence-corrected chi connectivity index (χ3v) is 4.61. The minimum atomic E-state index is -0.851. The lowest BCUT2D eigenvalue weighted by Crippen LogP contribution is -2.36. The van der Waals surface area contributed by atoms with Gasteiger partial charge in [-0.1, -0.05) is 61.7 Å². The van der Waals surface area contributed by atoms with Gasteiger partial charge in [0.1, 0.15) is 5.41 Å². The van der Waals surface area contributed by atoms with E-state index >= 15 is 0 Å². The quantitative estimate of drug-likeness (QED) is 0.888. The minimum absolute atomic E-state index is 0.160. The fourth-order valence-corrected chi connectivity index (χ4v) is 3.17. The molecule has 1 amide bonds. The van der Waals surface area contributed by atoms with Crippen LogP contribution in [0.5, 0.6) is 0 Å². The SMILES string of the molecule is N#CC1(C(=O)Nc2ccc(-c3ccccc3)cc2)CCCCC1. The van der Waals surface area contributed by atoms with E-state index in [1.165, 1.54) is 0 Å². The van der Waals surface area contributed by atoms with Crippen LogP contribution in [-0.2, 0) is 4.79 Å². The van der Waals surface area contributed by atoms with Gasteiger partial charge in [-0.3, -0.25) is 4.79 Å². The second-order valence-corrected chi connectivity index (χ2v) is 6.15. The van der Waals surface area contributed by atoms with E-state index in [2.05, 4.69) is 23.5 Å². The lowest BCUT2D eigenvalue weighted by Gasteiger charge is -2.29. The highest BCUT2D eigenvalue weighted by Gasteiger charge is 2.39. The number of hydrogen-bond donors (Lipinski definition) is 1. The zero-order valence-corrected chi connectivity index (χ0v) is 13.1. The molecule has 0 heterocycles. The summed E-state index contributed by atoms with van der Waals surface area (Å²) in [5.74, 6) is -0.160. The lowest BCUT2D eigenvalue weighted by atomic mass is 9.74. The molecule has 3 heteroatoms. The van der Waals surface area contributed by atoms with Gasteiger partial charge in [0.2, 0.25) is 5.91 Å². The van der Waals surface area contributed by atoms with Crippen LogP contribution in [0.2, 0.25) is 0 Å². The van der Waals surface area contributed by atoms with E-state index in [1.807, 2.05) is 42.5 Å². The van der Waals surface area contributed by atoms with Gasteiger partial charge in [0.05, 0.1) is 6.07 Å². The van der Waals surface area contributed by atoms with Crippen molar-refractivity contribution in [2.75, 3.05) is 5.32 Å². The average Bonchev–Trinajstić information content (AvgIpc) is 2.63. The Morgan fingerprint density at radius 2 is 1.52 bits per heavy atom. The molecule has 0 atom stereocenters. The Balaban J connectivity index is 1.73. The summed E-state index contributed by atoms with van der Waals surface area (Å²) in [5, 5.41) is 12.4. The van der Waals surface area contributed by atoms with Crippen molar-refractivity contribution in [1.82, 2.24) is 0 Å². The zero-order valence-electron chi connectivity index (χ0n) is 13.1. The van der Waals surface area contributed by atoms with Crippen molar-refractivity contribution in [3.05, 3.63) is 54.6 Å². The van der Waals surface area contributed by atoms with E-state index in [1.54, 1.807) is 0 Å². The molecule has 0 aromatic heterocycles. The van der Waals surface area contributed by atoms with Crippen LogP contribution in [0.25, 0.3) is 11.1 Å². The Labute approximate surface area is 137 Å². The second kappa shape index (κ2) is 6.66. The highest BCUT2D eigenvalue weighted by Crippen LogP contribution is 2.36. The van der Waals surface area contributed by atoms with Gasteiger partial charge in [-0.25, -0.2) is 0 Å². The maximum absolute atomic E-state index is 12.5. The van der Waals surface area contributed by atoms with Gasteiger partial charge < -0.3 is 5.32 Å². The summed E-state index contributed by atoms with van der Waals surface area (Å²) < 4.78 is 0. The monoisotopic (exact) mass is 304 g/mol. The molecule has 0 spiro atoms. The van der Waals surface area contributed by atoms with Gasteiger partial charge in [-0.2, -0.15) is 5.26 Å². The highest BCUT2D eigenvalue weighted by atomic mass is 16.2. The van der Waals surface area contributed by atoms with Crippen LogP contribution >= 0.6 is 0 Å². The maximum atomic E-state index is 12.5. The van der Waals surface area contributed by atoms with Gasteiger partial charge in [0.15, 0.2) is 0 Å². The highest BCUT2D eigenvalue weighted by molar-refractivity contribution is 5.97. The Hall–Kier alpha value is -2.60. The Kier molecular flexibility index (Phi) is 4.43. The fourth-order valence-electron chi connectivity index (χ4n) is 3.17. The number of anilines is 1. The molecule has 2 aromatic rings. The number of benzene rings is 2. The molecule has 0 saturated heterocycles. The van der Waals surface area contributed by atoms with Crippen molar-refractivity contribution in [3.8, 4) is 17.2 Å². The molecule has 0 unspecified atom stereocenters. The largest absolute Gasteiger partial charge is 0.325 e. The van der Waals surface area contributed by atoms with Gasteiger partial charge >= 0.3 is 0 Å². The van der Waals surface area contributed by atoms with Crippen LogP contribution in [-0.4, -0.2) is 5.91 Å². The molecule has 3 nitrogen and oxygen atoms in total. The number of carbonyl (C=O) groups is 1.